The molecule has 0 fully saturated rings. The molecule has 0 radical (unpaired) electrons. The van der Waals surface area contributed by atoms with E-state index in [0.29, 0.717) is 5.41 Å². The first-order valence-electron chi connectivity index (χ1n) is 14.3. The number of halogens is 4. The van der Waals surface area contributed by atoms with E-state index in [1.54, 1.807) is 12.1 Å². The van der Waals surface area contributed by atoms with Gasteiger partial charge in [-0.3, -0.25) is 0 Å². The van der Waals surface area contributed by atoms with E-state index >= 15 is 0 Å². The Bertz CT molecular complexity index is 1670. The van der Waals surface area contributed by atoms with Crippen molar-refractivity contribution in [2.24, 2.45) is 0 Å². The van der Waals surface area contributed by atoms with E-state index in [-0.39, 0.29) is 36.4 Å². The van der Waals surface area contributed by atoms with Crippen molar-refractivity contribution >= 4 is 15.4 Å². The molecular weight excluding hydrogens is 681 g/mol. The summed E-state index contributed by atoms with van der Waals surface area (Å²) in [7, 11) is 0. The molecule has 1 aliphatic rings. The largest absolute Gasteiger partial charge is 1.00 e. The number of aryl methyl sites for hydroxylation is 1. The van der Waals surface area contributed by atoms with E-state index < -0.39 is 0 Å². The maximum Gasteiger partial charge on any atom is -1.00 e. The molecule has 6 rings (SSSR count). The minimum atomic E-state index is -0.270. The van der Waals surface area contributed by atoms with Crippen LogP contribution in [0.3, 0.4) is 0 Å². The van der Waals surface area contributed by atoms with Crippen LogP contribution >= 0.6 is 0 Å². The van der Waals surface area contributed by atoms with E-state index in [0.717, 1.165) is 50.6 Å². The molecule has 0 nitrogen and oxygen atoms in total. The van der Waals surface area contributed by atoms with Gasteiger partial charge in [0.05, 0.1) is 0 Å². The molecule has 0 saturated heterocycles. The topological polar surface area (TPSA) is 0 Å². The van der Waals surface area contributed by atoms with E-state index in [9.17, 15) is 8.78 Å². The van der Waals surface area contributed by atoms with Crippen molar-refractivity contribution in [3.05, 3.63) is 172 Å². The Balaban J connectivity index is 0.000000238. The molecule has 5 heteroatoms. The second-order valence-corrected chi connectivity index (χ2v) is 12.9. The molecule has 5 aromatic rings. The molecule has 0 atom stereocenters. The Morgan fingerprint density at radius 3 is 1.87 bits per heavy atom. The number of hydrogen-bond acceptors (Lipinski definition) is 0. The average Bonchev–Trinajstić information content (AvgIpc) is 3.60. The van der Waals surface area contributed by atoms with Gasteiger partial charge in [-0.2, -0.15) is 47.0 Å². The molecule has 1 aliphatic carbocycles. The van der Waals surface area contributed by atoms with E-state index in [1.165, 1.54) is 63.2 Å². The standard InChI is InChI=1S/C17H13.C13H8F2.C10H15.2ClH.Zr/c1-3-12-5-7-14-11-15-8-6-13(4-2)10-17(15)16(14)9-12;14-12-5-1-3-10(8-12)7-11-4-2-6-13(15)9-11;1-8-5-6-9(7-8)10(2,3)4;;;/h3-7,9-10H,1-2,11H2;1-6,8-9H;5-7H,1-4H3;2*1H;/q-1;;-1;;;+2/p-2. The van der Waals surface area contributed by atoms with Crippen molar-refractivity contribution in [1.82, 2.24) is 0 Å². The van der Waals surface area contributed by atoms with Gasteiger partial charge in [0.15, 0.2) is 0 Å². The van der Waals surface area contributed by atoms with Gasteiger partial charge < -0.3 is 24.8 Å². The summed E-state index contributed by atoms with van der Waals surface area (Å²) in [6.07, 6.45) is 4.74. The minimum Gasteiger partial charge on any atom is -1.00 e. The third-order valence-electron chi connectivity index (χ3n) is 7.31. The van der Waals surface area contributed by atoms with Gasteiger partial charge in [0.25, 0.3) is 0 Å². The average molecular weight is 717 g/mol. The number of benzene rings is 4. The monoisotopic (exact) mass is 714 g/mol. The van der Waals surface area contributed by atoms with Crippen molar-refractivity contribution in [2.45, 2.75) is 39.5 Å². The number of rotatable bonds is 4. The van der Waals surface area contributed by atoms with Crippen molar-refractivity contribution in [3.63, 3.8) is 0 Å². The summed E-state index contributed by atoms with van der Waals surface area (Å²) in [6.45, 7) is 16.5. The van der Waals surface area contributed by atoms with Gasteiger partial charge in [0.2, 0.25) is 0 Å². The fourth-order valence-electron chi connectivity index (χ4n) is 4.85. The molecular formula is C40H36Cl2F2Zr-2. The zero-order valence-electron chi connectivity index (χ0n) is 26.0. The van der Waals surface area contributed by atoms with Crippen LogP contribution in [0.2, 0.25) is 0 Å². The fourth-order valence-corrected chi connectivity index (χ4v) is 5.61. The Morgan fingerprint density at radius 1 is 0.822 bits per heavy atom. The third-order valence-corrected chi connectivity index (χ3v) is 8.73. The van der Waals surface area contributed by atoms with Crippen LogP contribution in [0, 0.1) is 24.6 Å². The van der Waals surface area contributed by atoms with Gasteiger partial charge in [0.1, 0.15) is 0 Å². The second kappa shape index (κ2) is 17.0. The van der Waals surface area contributed by atoms with Crippen LogP contribution in [0.1, 0.15) is 65.3 Å². The quantitative estimate of drug-likeness (QED) is 0.237. The van der Waals surface area contributed by atoms with Crippen LogP contribution in [0.25, 0.3) is 23.3 Å². The van der Waals surface area contributed by atoms with Gasteiger partial charge in [-0.15, -0.1) is 23.8 Å². The molecule has 0 heterocycles. The predicted molar refractivity (Wildman–Crippen MR) is 175 cm³/mol. The SMILES string of the molecule is C=Cc1c[c-]c2c(c1)-c1cc(C=C)ccc1C2.Cc1cc(C(C)(C)C)c[cH-]1.Fc1cccc([C](=[Zr+2])c2cccc(F)c2)c1.[Cl-].[Cl-]. The first-order chi connectivity index (χ1) is 20.5. The summed E-state index contributed by atoms with van der Waals surface area (Å²) in [4.78, 5) is 0. The number of fused-ring (bicyclic) bond motifs is 3. The van der Waals surface area contributed by atoms with Crippen LogP contribution < -0.4 is 24.8 Å². The zero-order valence-corrected chi connectivity index (χ0v) is 30.0. The maximum atomic E-state index is 13.0. The Morgan fingerprint density at radius 2 is 1.40 bits per heavy atom. The normalized spacial score (nSPS) is 10.8. The molecule has 230 valence electrons. The van der Waals surface area contributed by atoms with Gasteiger partial charge in [0, 0.05) is 0 Å². The molecule has 0 spiro atoms. The van der Waals surface area contributed by atoms with Crippen LogP contribution in [0.15, 0.2) is 110 Å². The van der Waals surface area contributed by atoms with Gasteiger partial charge >= 0.3 is 108 Å². The maximum absolute atomic E-state index is 13.0. The summed E-state index contributed by atoms with van der Waals surface area (Å²) in [5.41, 5.74) is 12.3. The smallest absolute Gasteiger partial charge is 1.00 e. The summed E-state index contributed by atoms with van der Waals surface area (Å²) in [5.74, 6) is -0.539. The van der Waals surface area contributed by atoms with E-state index in [1.807, 2.05) is 30.4 Å². The van der Waals surface area contributed by atoms with E-state index in [4.69, 9.17) is 0 Å². The van der Waals surface area contributed by atoms with Gasteiger partial charge in [-0.05, 0) is 12.0 Å². The molecule has 0 bridgehead atoms. The van der Waals surface area contributed by atoms with Crippen molar-refractivity contribution in [2.75, 3.05) is 0 Å². The predicted octanol–water partition coefficient (Wildman–Crippen LogP) is 4.44. The zero-order chi connectivity index (χ0) is 31.1. The molecule has 45 heavy (non-hydrogen) atoms. The van der Waals surface area contributed by atoms with Crippen LogP contribution in [-0.2, 0) is 36.1 Å². The molecule has 0 aromatic heterocycles. The van der Waals surface area contributed by atoms with Crippen molar-refractivity contribution in [3.8, 4) is 11.1 Å². The third kappa shape index (κ3) is 10.2. The van der Waals surface area contributed by atoms with Crippen LogP contribution in [0.4, 0.5) is 8.78 Å². The first kappa shape index (κ1) is 38.1. The molecule has 5 aromatic carbocycles. The van der Waals surface area contributed by atoms with Crippen molar-refractivity contribution in [1.29, 1.82) is 0 Å². The summed E-state index contributed by atoms with van der Waals surface area (Å²) >= 11 is 1.13. The Labute approximate surface area is 294 Å². The molecule has 0 unspecified atom stereocenters. The summed E-state index contributed by atoms with van der Waals surface area (Å²) in [5, 5.41) is 0. The summed E-state index contributed by atoms with van der Waals surface area (Å²) in [6, 6.07) is 33.4. The molecule has 0 saturated carbocycles. The Kier molecular flexibility index (Phi) is 14.4. The van der Waals surface area contributed by atoms with Crippen LogP contribution in [-0.4, -0.2) is 3.21 Å². The Hall–Kier alpha value is -3.10. The van der Waals surface area contributed by atoms with Crippen molar-refractivity contribution < 1.29 is 57.8 Å². The fraction of sp³-hybridized carbons (Fsp3) is 0.150. The minimum absolute atomic E-state index is 0. The molecule has 0 N–H and O–H groups in total. The van der Waals surface area contributed by atoms with Gasteiger partial charge in [-0.25, -0.2) is 6.07 Å². The van der Waals surface area contributed by atoms with Gasteiger partial charge in [-0.1, -0.05) is 75.1 Å². The van der Waals surface area contributed by atoms with E-state index in [2.05, 4.69) is 89.4 Å². The summed E-state index contributed by atoms with van der Waals surface area (Å²) < 4.78 is 27.0. The second-order valence-electron chi connectivity index (χ2n) is 11.6. The molecule has 0 aliphatic heterocycles. The van der Waals surface area contributed by atoms with Crippen LogP contribution in [0.5, 0.6) is 0 Å². The molecule has 0 amide bonds. The first-order valence-corrected chi connectivity index (χ1v) is 15.5. The number of hydrogen-bond donors (Lipinski definition) is 0.